The van der Waals surface area contributed by atoms with E-state index in [2.05, 4.69) is 5.32 Å². The fourth-order valence-corrected chi connectivity index (χ4v) is 5.44. The van der Waals surface area contributed by atoms with Crippen molar-refractivity contribution in [3.63, 3.8) is 0 Å². The van der Waals surface area contributed by atoms with Gasteiger partial charge in [0.2, 0.25) is 21.8 Å². The maximum atomic E-state index is 14.0. The predicted octanol–water partition coefficient (Wildman–Crippen LogP) is 4.50. The van der Waals surface area contributed by atoms with E-state index in [9.17, 15) is 18.0 Å². The van der Waals surface area contributed by atoms with Crippen LogP contribution in [0, 0.1) is 13.8 Å². The van der Waals surface area contributed by atoms with Crippen LogP contribution in [-0.4, -0.2) is 50.5 Å². The minimum atomic E-state index is -3.82. The van der Waals surface area contributed by atoms with Gasteiger partial charge in [0.05, 0.1) is 11.9 Å². The second-order valence-corrected chi connectivity index (χ2v) is 11.6. The molecule has 2 amide bonds. The van der Waals surface area contributed by atoms with Gasteiger partial charge in [0.1, 0.15) is 12.6 Å². The van der Waals surface area contributed by atoms with E-state index >= 15 is 0 Å². The number of benzene rings is 3. The molecule has 3 aromatic rings. The van der Waals surface area contributed by atoms with Crippen LogP contribution in [0.1, 0.15) is 29.2 Å². The number of hydrogen-bond donors (Lipinski definition) is 1. The largest absolute Gasteiger partial charge is 0.355 e. The van der Waals surface area contributed by atoms with Crippen LogP contribution in [0.5, 0.6) is 0 Å². The summed E-state index contributed by atoms with van der Waals surface area (Å²) in [7, 11) is -3.82. The summed E-state index contributed by atoms with van der Waals surface area (Å²) in [6.45, 7) is 5.49. The number of rotatable bonds is 11. The Balaban J connectivity index is 2.07. The number of anilines is 1. The lowest BCUT2D eigenvalue weighted by Gasteiger charge is -2.34. The van der Waals surface area contributed by atoms with E-state index in [1.807, 2.05) is 50.2 Å². The average molecular weight is 556 g/mol. The molecule has 0 spiro atoms. The summed E-state index contributed by atoms with van der Waals surface area (Å²) in [5.74, 6) is -0.836. The normalized spacial score (nSPS) is 12.0. The van der Waals surface area contributed by atoms with Gasteiger partial charge in [-0.05, 0) is 49.6 Å². The molecule has 3 aromatic carbocycles. The first-order chi connectivity index (χ1) is 18.0. The van der Waals surface area contributed by atoms with Crippen molar-refractivity contribution in [2.24, 2.45) is 0 Å². The van der Waals surface area contributed by atoms with Crippen LogP contribution in [0.15, 0.2) is 72.8 Å². The second-order valence-electron chi connectivity index (χ2n) is 9.27. The van der Waals surface area contributed by atoms with Crippen molar-refractivity contribution >= 4 is 39.1 Å². The minimum absolute atomic E-state index is 0.0393. The van der Waals surface area contributed by atoms with Gasteiger partial charge < -0.3 is 10.2 Å². The molecular formula is C29H34ClN3O4S. The van der Waals surface area contributed by atoms with Gasteiger partial charge in [-0.2, -0.15) is 0 Å². The summed E-state index contributed by atoms with van der Waals surface area (Å²) < 4.78 is 26.9. The lowest BCUT2D eigenvalue weighted by Crippen LogP contribution is -2.53. The zero-order valence-corrected chi connectivity index (χ0v) is 23.7. The quantitative estimate of drug-likeness (QED) is 0.377. The number of sulfonamides is 1. The van der Waals surface area contributed by atoms with E-state index in [0.29, 0.717) is 22.8 Å². The number of amides is 2. The highest BCUT2D eigenvalue weighted by molar-refractivity contribution is 7.92. The number of likely N-dealkylation sites (N-methyl/N-ethyl adjacent to an activating group) is 1. The smallest absolute Gasteiger partial charge is 0.244 e. The molecule has 1 N–H and O–H groups in total. The summed E-state index contributed by atoms with van der Waals surface area (Å²) >= 11 is 6.44. The van der Waals surface area contributed by atoms with Gasteiger partial charge in [-0.25, -0.2) is 8.42 Å². The molecule has 0 aliphatic rings. The van der Waals surface area contributed by atoms with Gasteiger partial charge in [0.25, 0.3) is 0 Å². The van der Waals surface area contributed by atoms with Gasteiger partial charge in [0.15, 0.2) is 0 Å². The molecule has 0 bridgehead atoms. The second kappa shape index (κ2) is 12.9. The Labute approximate surface area is 230 Å². The highest BCUT2D eigenvalue weighted by Gasteiger charge is 2.33. The Morgan fingerprint density at radius 2 is 1.63 bits per heavy atom. The lowest BCUT2D eigenvalue weighted by molar-refractivity contribution is -0.140. The summed E-state index contributed by atoms with van der Waals surface area (Å²) in [4.78, 5) is 28.8. The summed E-state index contributed by atoms with van der Waals surface area (Å²) in [5.41, 5.74) is 3.65. The molecule has 38 heavy (non-hydrogen) atoms. The van der Waals surface area contributed by atoms with Crippen molar-refractivity contribution in [2.75, 3.05) is 23.7 Å². The third-order valence-corrected chi connectivity index (χ3v) is 7.72. The Morgan fingerprint density at radius 3 is 2.24 bits per heavy atom. The number of hydrogen-bond acceptors (Lipinski definition) is 4. The first-order valence-electron chi connectivity index (χ1n) is 12.4. The molecular weight excluding hydrogens is 522 g/mol. The van der Waals surface area contributed by atoms with Crippen LogP contribution in [-0.2, 0) is 32.6 Å². The fourth-order valence-electron chi connectivity index (χ4n) is 4.34. The number of nitrogens with zero attached hydrogens (tertiary/aromatic N) is 2. The molecule has 0 aliphatic carbocycles. The monoisotopic (exact) mass is 555 g/mol. The standard InChI is InChI=1S/C29H34ClN3O4S/c1-5-31-29(35)27(18-23-11-7-6-8-12-23)32(19-24-13-9-10-14-25(24)30)28(34)20-33(38(4,36)37)26-16-15-21(2)17-22(26)3/h6-17,27H,5,18-20H2,1-4H3,(H,31,35)/t27-/m0/s1. The average Bonchev–Trinajstić information content (AvgIpc) is 2.86. The molecule has 7 nitrogen and oxygen atoms in total. The highest BCUT2D eigenvalue weighted by Crippen LogP contribution is 2.25. The predicted molar refractivity (Wildman–Crippen MR) is 153 cm³/mol. The van der Waals surface area contributed by atoms with Crippen molar-refractivity contribution in [3.05, 3.63) is 100 Å². The molecule has 0 heterocycles. The maximum absolute atomic E-state index is 14.0. The van der Waals surface area contributed by atoms with E-state index < -0.39 is 28.5 Å². The molecule has 0 aromatic heterocycles. The SMILES string of the molecule is CCNC(=O)[C@H](Cc1ccccc1)N(Cc1ccccc1Cl)C(=O)CN(c1ccc(C)cc1C)S(C)(=O)=O. The maximum Gasteiger partial charge on any atom is 0.244 e. The topological polar surface area (TPSA) is 86.8 Å². The molecule has 0 saturated heterocycles. The van der Waals surface area contributed by atoms with E-state index in [1.54, 1.807) is 43.3 Å². The van der Waals surface area contributed by atoms with Crippen LogP contribution < -0.4 is 9.62 Å². The van der Waals surface area contributed by atoms with Crippen LogP contribution >= 0.6 is 11.6 Å². The third-order valence-electron chi connectivity index (χ3n) is 6.22. The minimum Gasteiger partial charge on any atom is -0.355 e. The third kappa shape index (κ3) is 7.58. The lowest BCUT2D eigenvalue weighted by atomic mass is 10.0. The Hall–Kier alpha value is -3.36. The number of halogens is 1. The van der Waals surface area contributed by atoms with Crippen molar-refractivity contribution in [1.29, 1.82) is 0 Å². The Bertz CT molecular complexity index is 1380. The molecule has 0 fully saturated rings. The summed E-state index contributed by atoms with van der Waals surface area (Å²) in [6, 6.07) is 21.0. The van der Waals surface area contributed by atoms with E-state index in [-0.39, 0.29) is 18.9 Å². The number of aryl methyl sites for hydroxylation is 2. The molecule has 9 heteroatoms. The van der Waals surface area contributed by atoms with Crippen molar-refractivity contribution in [3.8, 4) is 0 Å². The molecule has 0 saturated carbocycles. The number of carbonyl (C=O) groups is 2. The highest BCUT2D eigenvalue weighted by atomic mass is 35.5. The zero-order valence-electron chi connectivity index (χ0n) is 22.1. The number of carbonyl (C=O) groups excluding carboxylic acids is 2. The molecule has 3 rings (SSSR count). The van der Waals surface area contributed by atoms with E-state index in [0.717, 1.165) is 27.3 Å². The van der Waals surface area contributed by atoms with Crippen molar-refractivity contribution in [2.45, 2.75) is 39.8 Å². The van der Waals surface area contributed by atoms with Crippen LogP contribution in [0.2, 0.25) is 5.02 Å². The Kier molecular flexibility index (Phi) is 9.94. The molecule has 0 unspecified atom stereocenters. The van der Waals surface area contributed by atoms with Crippen molar-refractivity contribution in [1.82, 2.24) is 10.2 Å². The van der Waals surface area contributed by atoms with Gasteiger partial charge >= 0.3 is 0 Å². The van der Waals surface area contributed by atoms with Gasteiger partial charge in [-0.3, -0.25) is 13.9 Å². The molecule has 1 atom stereocenters. The van der Waals surface area contributed by atoms with Crippen molar-refractivity contribution < 1.29 is 18.0 Å². The summed E-state index contributed by atoms with van der Waals surface area (Å²) in [5, 5.41) is 3.29. The van der Waals surface area contributed by atoms with Gasteiger partial charge in [0, 0.05) is 24.5 Å². The molecule has 0 radical (unpaired) electrons. The Morgan fingerprint density at radius 1 is 0.974 bits per heavy atom. The van der Waals surface area contributed by atoms with E-state index in [4.69, 9.17) is 11.6 Å². The van der Waals surface area contributed by atoms with Crippen LogP contribution in [0.3, 0.4) is 0 Å². The summed E-state index contributed by atoms with van der Waals surface area (Å²) in [6.07, 6.45) is 1.33. The van der Waals surface area contributed by atoms with Crippen LogP contribution in [0.25, 0.3) is 0 Å². The van der Waals surface area contributed by atoms with Gasteiger partial charge in [-0.15, -0.1) is 0 Å². The fraction of sp³-hybridized carbons (Fsp3) is 0.310. The zero-order chi connectivity index (χ0) is 27.9. The number of nitrogens with one attached hydrogen (secondary N) is 1. The first kappa shape index (κ1) is 29.2. The van der Waals surface area contributed by atoms with E-state index in [1.165, 1.54) is 4.90 Å². The first-order valence-corrected chi connectivity index (χ1v) is 14.6. The molecule has 0 aliphatic heterocycles. The van der Waals surface area contributed by atoms with Crippen LogP contribution in [0.4, 0.5) is 5.69 Å². The molecule has 202 valence electrons. The van der Waals surface area contributed by atoms with Gasteiger partial charge in [-0.1, -0.05) is 77.8 Å².